The molecule has 2 N–H and O–H groups in total. The Kier molecular flexibility index (Phi) is 4.20. The van der Waals surface area contributed by atoms with Crippen LogP contribution < -0.4 is 5.32 Å². The van der Waals surface area contributed by atoms with Crippen molar-refractivity contribution in [2.75, 3.05) is 5.32 Å². The molecule has 0 bridgehead atoms. The average molecular weight is 273 g/mol. The summed E-state index contributed by atoms with van der Waals surface area (Å²) in [5, 5.41) is 11.5. The van der Waals surface area contributed by atoms with Crippen LogP contribution in [0, 0.1) is 6.92 Å². The van der Waals surface area contributed by atoms with Crippen molar-refractivity contribution in [3.8, 4) is 0 Å². The van der Waals surface area contributed by atoms with Gasteiger partial charge in [-0.25, -0.2) is 0 Å². The van der Waals surface area contributed by atoms with Crippen LogP contribution in [0.25, 0.3) is 0 Å². The topological polar surface area (TPSA) is 79.5 Å². The lowest BCUT2D eigenvalue weighted by Gasteiger charge is -2.10. The van der Waals surface area contributed by atoms with Crippen molar-refractivity contribution >= 4 is 17.6 Å². The van der Waals surface area contributed by atoms with Gasteiger partial charge in [-0.2, -0.15) is 0 Å². The van der Waals surface area contributed by atoms with Gasteiger partial charge in [0.2, 0.25) is 0 Å². The molecule has 2 aromatic rings. The zero-order chi connectivity index (χ0) is 14.5. The van der Waals surface area contributed by atoms with E-state index in [4.69, 9.17) is 9.52 Å². The molecule has 1 aromatic carbocycles. The Morgan fingerprint density at radius 1 is 1.25 bits per heavy atom. The SMILES string of the molecule is Cc1occc1C(=O)Nc1ccccc1CCC(=O)O. The summed E-state index contributed by atoms with van der Waals surface area (Å²) in [5.74, 6) is -0.582. The number of carbonyl (C=O) groups excluding carboxylic acids is 1. The Bertz CT molecular complexity index is 630. The number of rotatable bonds is 5. The fraction of sp³-hybridized carbons (Fsp3) is 0.200. The molecule has 0 aliphatic heterocycles. The van der Waals surface area contributed by atoms with Crippen molar-refractivity contribution in [3.05, 3.63) is 53.5 Å². The fourth-order valence-corrected chi connectivity index (χ4v) is 1.91. The standard InChI is InChI=1S/C15H15NO4/c1-10-12(8-9-20-10)15(19)16-13-5-3-2-4-11(13)6-7-14(17)18/h2-5,8-9H,6-7H2,1H3,(H,16,19)(H,17,18). The number of anilines is 1. The lowest BCUT2D eigenvalue weighted by atomic mass is 10.1. The largest absolute Gasteiger partial charge is 0.481 e. The number of benzene rings is 1. The van der Waals surface area contributed by atoms with E-state index in [9.17, 15) is 9.59 Å². The molecule has 0 aliphatic rings. The Labute approximate surface area is 116 Å². The van der Waals surface area contributed by atoms with Gasteiger partial charge in [0, 0.05) is 12.1 Å². The second kappa shape index (κ2) is 6.06. The van der Waals surface area contributed by atoms with Gasteiger partial charge >= 0.3 is 5.97 Å². The number of carbonyl (C=O) groups is 2. The third-order valence-electron chi connectivity index (χ3n) is 2.98. The highest BCUT2D eigenvalue weighted by Gasteiger charge is 2.13. The van der Waals surface area contributed by atoms with Crippen LogP contribution in [0.15, 0.2) is 41.0 Å². The molecule has 2 rings (SSSR count). The Balaban J connectivity index is 2.15. The predicted molar refractivity (Wildman–Crippen MR) is 73.8 cm³/mol. The van der Waals surface area contributed by atoms with E-state index in [1.807, 2.05) is 6.07 Å². The van der Waals surface area contributed by atoms with Crippen molar-refractivity contribution in [3.63, 3.8) is 0 Å². The van der Waals surface area contributed by atoms with E-state index in [1.54, 1.807) is 31.2 Å². The van der Waals surface area contributed by atoms with Crippen LogP contribution in [-0.4, -0.2) is 17.0 Å². The summed E-state index contributed by atoms with van der Waals surface area (Å²) in [6, 6.07) is 8.77. The van der Waals surface area contributed by atoms with E-state index in [0.29, 0.717) is 23.4 Å². The molecule has 5 nitrogen and oxygen atoms in total. The maximum atomic E-state index is 12.1. The van der Waals surface area contributed by atoms with Crippen LogP contribution in [0.4, 0.5) is 5.69 Å². The first kappa shape index (κ1) is 13.9. The number of hydrogen-bond donors (Lipinski definition) is 2. The summed E-state index contributed by atoms with van der Waals surface area (Å²) in [6.07, 6.45) is 1.86. The van der Waals surface area contributed by atoms with Gasteiger partial charge in [0.15, 0.2) is 0 Å². The van der Waals surface area contributed by atoms with Gasteiger partial charge < -0.3 is 14.8 Å². The molecule has 0 unspecified atom stereocenters. The highest BCUT2D eigenvalue weighted by molar-refractivity contribution is 6.05. The first-order valence-corrected chi connectivity index (χ1v) is 6.23. The smallest absolute Gasteiger partial charge is 0.303 e. The molecule has 1 amide bonds. The summed E-state index contributed by atoms with van der Waals surface area (Å²) in [7, 11) is 0. The molecule has 20 heavy (non-hydrogen) atoms. The lowest BCUT2D eigenvalue weighted by Crippen LogP contribution is -2.13. The van der Waals surface area contributed by atoms with E-state index < -0.39 is 5.97 Å². The zero-order valence-electron chi connectivity index (χ0n) is 11.1. The maximum absolute atomic E-state index is 12.1. The molecular formula is C15H15NO4. The molecule has 0 saturated heterocycles. The molecule has 1 aromatic heterocycles. The minimum atomic E-state index is -0.864. The first-order chi connectivity index (χ1) is 9.58. The summed E-state index contributed by atoms with van der Waals surface area (Å²) in [6.45, 7) is 1.71. The van der Waals surface area contributed by atoms with Crippen molar-refractivity contribution < 1.29 is 19.1 Å². The van der Waals surface area contributed by atoms with Gasteiger partial charge in [-0.15, -0.1) is 0 Å². The summed E-state index contributed by atoms with van der Waals surface area (Å²) in [5.41, 5.74) is 1.89. The van der Waals surface area contributed by atoms with Gasteiger partial charge in [-0.05, 0) is 31.0 Å². The van der Waals surface area contributed by atoms with Gasteiger partial charge in [-0.1, -0.05) is 18.2 Å². The van der Waals surface area contributed by atoms with E-state index in [2.05, 4.69) is 5.32 Å². The van der Waals surface area contributed by atoms with Crippen molar-refractivity contribution in [2.45, 2.75) is 19.8 Å². The second-order valence-corrected chi connectivity index (χ2v) is 4.40. The fourth-order valence-electron chi connectivity index (χ4n) is 1.91. The second-order valence-electron chi connectivity index (χ2n) is 4.40. The monoisotopic (exact) mass is 273 g/mol. The molecule has 1 heterocycles. The van der Waals surface area contributed by atoms with Crippen LogP contribution >= 0.6 is 0 Å². The molecule has 104 valence electrons. The highest BCUT2D eigenvalue weighted by atomic mass is 16.4. The first-order valence-electron chi connectivity index (χ1n) is 6.23. The van der Waals surface area contributed by atoms with Crippen LogP contribution in [0.2, 0.25) is 0 Å². The number of carboxylic acids is 1. The van der Waals surface area contributed by atoms with Gasteiger partial charge in [0.05, 0.1) is 11.8 Å². The molecule has 0 atom stereocenters. The van der Waals surface area contributed by atoms with Gasteiger partial charge in [0.25, 0.3) is 5.91 Å². The maximum Gasteiger partial charge on any atom is 0.303 e. The average Bonchev–Trinajstić information content (AvgIpc) is 2.84. The molecule has 0 spiro atoms. The number of carboxylic acid groups (broad SMARTS) is 1. The van der Waals surface area contributed by atoms with E-state index >= 15 is 0 Å². The van der Waals surface area contributed by atoms with E-state index in [0.717, 1.165) is 5.56 Å². The van der Waals surface area contributed by atoms with Gasteiger partial charge in [0.1, 0.15) is 5.76 Å². The van der Waals surface area contributed by atoms with Crippen LogP contribution in [0.5, 0.6) is 0 Å². The molecule has 0 radical (unpaired) electrons. The van der Waals surface area contributed by atoms with Crippen LogP contribution in [0.1, 0.15) is 28.1 Å². The molecule has 0 saturated carbocycles. The van der Waals surface area contributed by atoms with Gasteiger partial charge in [-0.3, -0.25) is 9.59 Å². The lowest BCUT2D eigenvalue weighted by molar-refractivity contribution is -0.136. The Morgan fingerprint density at radius 2 is 2.00 bits per heavy atom. The number of aliphatic carboxylic acids is 1. The predicted octanol–water partition coefficient (Wildman–Crippen LogP) is 2.86. The summed E-state index contributed by atoms with van der Waals surface area (Å²) in [4.78, 5) is 22.7. The Hall–Kier alpha value is -2.56. The molecule has 0 fully saturated rings. The number of nitrogens with one attached hydrogen (secondary N) is 1. The molecule has 5 heteroatoms. The number of amides is 1. The molecule has 0 aliphatic carbocycles. The Morgan fingerprint density at radius 3 is 2.65 bits per heavy atom. The quantitative estimate of drug-likeness (QED) is 0.877. The summed E-state index contributed by atoms with van der Waals surface area (Å²) >= 11 is 0. The van der Waals surface area contributed by atoms with Crippen molar-refractivity contribution in [1.29, 1.82) is 0 Å². The third-order valence-corrected chi connectivity index (χ3v) is 2.98. The van der Waals surface area contributed by atoms with Crippen molar-refractivity contribution in [2.24, 2.45) is 0 Å². The minimum absolute atomic E-state index is 0.0254. The zero-order valence-corrected chi connectivity index (χ0v) is 11.1. The third kappa shape index (κ3) is 3.26. The number of hydrogen-bond acceptors (Lipinski definition) is 3. The van der Waals surface area contributed by atoms with E-state index in [-0.39, 0.29) is 12.3 Å². The van der Waals surface area contributed by atoms with Crippen LogP contribution in [-0.2, 0) is 11.2 Å². The number of aryl methyl sites for hydroxylation is 2. The number of furan rings is 1. The van der Waals surface area contributed by atoms with Crippen molar-refractivity contribution in [1.82, 2.24) is 0 Å². The molecular weight excluding hydrogens is 258 g/mol. The summed E-state index contributed by atoms with van der Waals surface area (Å²) < 4.78 is 5.09. The highest BCUT2D eigenvalue weighted by Crippen LogP contribution is 2.19. The number of para-hydroxylation sites is 1. The normalized spacial score (nSPS) is 10.2. The minimum Gasteiger partial charge on any atom is -0.481 e. The van der Waals surface area contributed by atoms with E-state index in [1.165, 1.54) is 6.26 Å². The van der Waals surface area contributed by atoms with Crippen LogP contribution in [0.3, 0.4) is 0 Å².